The van der Waals surface area contributed by atoms with Crippen molar-refractivity contribution in [2.24, 2.45) is 0 Å². The summed E-state index contributed by atoms with van der Waals surface area (Å²) in [6.45, 7) is 2.73. The van der Waals surface area contributed by atoms with Gasteiger partial charge in [-0.1, -0.05) is 13.3 Å². The Kier molecular flexibility index (Phi) is 3.63. The Morgan fingerprint density at radius 1 is 1.44 bits per heavy atom. The summed E-state index contributed by atoms with van der Waals surface area (Å²) >= 11 is 0. The monoisotopic (exact) mass is 243 g/mol. The van der Waals surface area contributed by atoms with Gasteiger partial charge in [-0.2, -0.15) is 5.26 Å². The van der Waals surface area contributed by atoms with Gasteiger partial charge in [-0.15, -0.1) is 0 Å². The summed E-state index contributed by atoms with van der Waals surface area (Å²) in [5.74, 6) is 0.670. The fourth-order valence-corrected chi connectivity index (χ4v) is 1.61. The lowest BCUT2D eigenvalue weighted by Crippen LogP contribution is -2.05. The normalized spacial score (nSPS) is 10.2. The number of fused-ring (bicyclic) bond motifs is 1. The Hall–Kier alpha value is -2.28. The van der Waals surface area contributed by atoms with Crippen molar-refractivity contribution in [3.8, 4) is 11.8 Å². The number of ether oxygens (including phenoxy) is 1. The quantitative estimate of drug-likeness (QED) is 0.774. The first-order chi connectivity index (χ1) is 8.76. The highest BCUT2D eigenvalue weighted by Gasteiger charge is 2.07. The van der Waals surface area contributed by atoms with Crippen LogP contribution in [0.2, 0.25) is 0 Å². The Labute approximate surface area is 104 Å². The molecule has 92 valence electrons. The standard InChI is InChI=1S/C14H13NO3/c1-2-3-6-17-11-4-5-12-13(7-11)18-9-10(8-15)14(12)16/h4-5,7,9H,2-3,6H2,1H3. The van der Waals surface area contributed by atoms with Gasteiger partial charge in [0, 0.05) is 6.07 Å². The van der Waals surface area contributed by atoms with Gasteiger partial charge >= 0.3 is 0 Å². The summed E-state index contributed by atoms with van der Waals surface area (Å²) in [6, 6.07) is 6.83. The summed E-state index contributed by atoms with van der Waals surface area (Å²) in [4.78, 5) is 11.8. The molecule has 0 saturated carbocycles. The van der Waals surface area contributed by atoms with E-state index in [1.807, 2.05) is 0 Å². The first kappa shape index (κ1) is 12.2. The lowest BCUT2D eigenvalue weighted by molar-refractivity contribution is 0.309. The van der Waals surface area contributed by atoms with Gasteiger partial charge in [0.15, 0.2) is 0 Å². The average molecular weight is 243 g/mol. The molecule has 0 radical (unpaired) electrons. The summed E-state index contributed by atoms with van der Waals surface area (Å²) in [7, 11) is 0. The van der Waals surface area contributed by atoms with Crippen LogP contribution in [0.15, 0.2) is 33.7 Å². The summed E-state index contributed by atoms with van der Waals surface area (Å²) < 4.78 is 10.8. The zero-order valence-electron chi connectivity index (χ0n) is 10.1. The van der Waals surface area contributed by atoms with Gasteiger partial charge in [-0.05, 0) is 18.6 Å². The molecule has 4 nitrogen and oxygen atoms in total. The molecule has 0 aliphatic rings. The molecule has 4 heteroatoms. The third kappa shape index (κ3) is 2.35. The van der Waals surface area contributed by atoms with E-state index < -0.39 is 0 Å². The van der Waals surface area contributed by atoms with Crippen LogP contribution < -0.4 is 10.2 Å². The van der Waals surface area contributed by atoms with Crippen molar-refractivity contribution in [1.29, 1.82) is 5.26 Å². The lowest BCUT2D eigenvalue weighted by Gasteiger charge is -2.05. The van der Waals surface area contributed by atoms with Gasteiger partial charge in [0.2, 0.25) is 5.43 Å². The van der Waals surface area contributed by atoms with Crippen molar-refractivity contribution in [3.63, 3.8) is 0 Å². The zero-order valence-corrected chi connectivity index (χ0v) is 10.1. The van der Waals surface area contributed by atoms with Crippen molar-refractivity contribution in [1.82, 2.24) is 0 Å². The molecule has 0 bridgehead atoms. The van der Waals surface area contributed by atoms with Gasteiger partial charge in [-0.3, -0.25) is 4.79 Å². The zero-order chi connectivity index (χ0) is 13.0. The molecular formula is C14H13NO3. The van der Waals surface area contributed by atoms with E-state index in [1.165, 1.54) is 6.26 Å². The first-order valence-corrected chi connectivity index (χ1v) is 5.84. The maximum absolute atomic E-state index is 11.8. The molecule has 0 unspecified atom stereocenters. The largest absolute Gasteiger partial charge is 0.493 e. The first-order valence-electron chi connectivity index (χ1n) is 5.84. The summed E-state index contributed by atoms with van der Waals surface area (Å²) in [5, 5.41) is 9.14. The fraction of sp³-hybridized carbons (Fsp3) is 0.286. The minimum absolute atomic E-state index is 0.0159. The van der Waals surface area contributed by atoms with E-state index in [-0.39, 0.29) is 11.0 Å². The molecule has 0 amide bonds. The maximum Gasteiger partial charge on any atom is 0.210 e. The number of unbranched alkanes of at least 4 members (excludes halogenated alkanes) is 1. The van der Waals surface area contributed by atoms with E-state index in [9.17, 15) is 4.79 Å². The SMILES string of the molecule is CCCCOc1ccc2c(=O)c(C#N)coc2c1. The third-order valence-electron chi connectivity index (χ3n) is 2.63. The number of rotatable bonds is 4. The topological polar surface area (TPSA) is 63.2 Å². The smallest absolute Gasteiger partial charge is 0.210 e. The molecule has 0 saturated heterocycles. The van der Waals surface area contributed by atoms with E-state index in [0.29, 0.717) is 23.3 Å². The van der Waals surface area contributed by atoms with Crippen LogP contribution in [-0.2, 0) is 0 Å². The van der Waals surface area contributed by atoms with Crippen LogP contribution in [-0.4, -0.2) is 6.61 Å². The summed E-state index contributed by atoms with van der Waals surface area (Å²) in [6.07, 6.45) is 3.23. The van der Waals surface area contributed by atoms with Crippen LogP contribution in [0.5, 0.6) is 5.75 Å². The number of hydrogen-bond acceptors (Lipinski definition) is 4. The predicted molar refractivity (Wildman–Crippen MR) is 67.6 cm³/mol. The molecule has 18 heavy (non-hydrogen) atoms. The second kappa shape index (κ2) is 5.37. The van der Waals surface area contributed by atoms with E-state index in [0.717, 1.165) is 12.8 Å². The Bertz CT molecular complexity index is 652. The molecule has 1 heterocycles. The minimum atomic E-state index is -0.307. The highest BCUT2D eigenvalue weighted by atomic mass is 16.5. The fourth-order valence-electron chi connectivity index (χ4n) is 1.61. The highest BCUT2D eigenvalue weighted by molar-refractivity contribution is 5.78. The van der Waals surface area contributed by atoms with Crippen molar-refractivity contribution < 1.29 is 9.15 Å². The van der Waals surface area contributed by atoms with E-state index in [2.05, 4.69) is 6.92 Å². The molecule has 0 atom stereocenters. The lowest BCUT2D eigenvalue weighted by atomic mass is 10.2. The maximum atomic E-state index is 11.8. The van der Waals surface area contributed by atoms with E-state index >= 15 is 0 Å². The number of benzene rings is 1. The molecule has 1 aromatic carbocycles. The molecular weight excluding hydrogens is 230 g/mol. The molecule has 2 rings (SSSR count). The van der Waals surface area contributed by atoms with Gasteiger partial charge < -0.3 is 9.15 Å². The second-order valence-corrected chi connectivity index (χ2v) is 3.95. The predicted octanol–water partition coefficient (Wildman–Crippen LogP) is 2.84. The molecule has 0 N–H and O–H groups in total. The Balaban J connectivity index is 2.36. The van der Waals surface area contributed by atoms with Crippen molar-refractivity contribution in [2.75, 3.05) is 6.61 Å². The van der Waals surface area contributed by atoms with Crippen molar-refractivity contribution >= 4 is 11.0 Å². The van der Waals surface area contributed by atoms with Crippen LogP contribution in [0.1, 0.15) is 25.3 Å². The summed E-state index contributed by atoms with van der Waals surface area (Å²) in [5.41, 5.74) is 0.147. The number of hydrogen-bond donors (Lipinski definition) is 0. The second-order valence-electron chi connectivity index (χ2n) is 3.95. The average Bonchev–Trinajstić information content (AvgIpc) is 2.39. The van der Waals surface area contributed by atoms with Crippen molar-refractivity contribution in [2.45, 2.75) is 19.8 Å². The number of nitrogens with zero attached hydrogens (tertiary/aromatic N) is 1. The van der Waals surface area contributed by atoms with Crippen LogP contribution in [0.25, 0.3) is 11.0 Å². The van der Waals surface area contributed by atoms with E-state index in [4.69, 9.17) is 14.4 Å². The van der Waals surface area contributed by atoms with E-state index in [1.54, 1.807) is 24.3 Å². The van der Waals surface area contributed by atoms with Crippen LogP contribution in [0.4, 0.5) is 0 Å². The molecule has 0 aliphatic heterocycles. The molecule has 1 aromatic heterocycles. The van der Waals surface area contributed by atoms with Gasteiger partial charge in [0.1, 0.15) is 29.2 Å². The minimum Gasteiger partial charge on any atom is -0.493 e. The van der Waals surface area contributed by atoms with Crippen LogP contribution in [0, 0.1) is 11.3 Å². The van der Waals surface area contributed by atoms with Crippen LogP contribution in [0.3, 0.4) is 0 Å². The van der Waals surface area contributed by atoms with Gasteiger partial charge in [-0.25, -0.2) is 0 Å². The Morgan fingerprint density at radius 3 is 3.00 bits per heavy atom. The van der Waals surface area contributed by atoms with Gasteiger partial charge in [0.25, 0.3) is 0 Å². The Morgan fingerprint density at radius 2 is 2.28 bits per heavy atom. The van der Waals surface area contributed by atoms with Crippen molar-refractivity contribution in [3.05, 3.63) is 40.2 Å². The molecule has 0 aliphatic carbocycles. The van der Waals surface area contributed by atoms with Gasteiger partial charge in [0.05, 0.1) is 12.0 Å². The van der Waals surface area contributed by atoms with Crippen LogP contribution >= 0.6 is 0 Å². The number of nitriles is 1. The molecule has 0 fully saturated rings. The highest BCUT2D eigenvalue weighted by Crippen LogP contribution is 2.19. The third-order valence-corrected chi connectivity index (χ3v) is 2.63. The molecule has 2 aromatic rings. The molecule has 0 spiro atoms.